The first kappa shape index (κ1) is 20.0. The van der Waals surface area contributed by atoms with Gasteiger partial charge in [0.05, 0.1) is 0 Å². The van der Waals surface area contributed by atoms with Crippen molar-refractivity contribution in [2.24, 2.45) is 0 Å². The molecule has 0 aliphatic carbocycles. The number of nitrogens with zero attached hydrogens (tertiary/aromatic N) is 3. The highest BCUT2D eigenvalue weighted by atomic mass is 35.5. The van der Waals surface area contributed by atoms with E-state index in [1.54, 1.807) is 11.0 Å². The lowest BCUT2D eigenvalue weighted by atomic mass is 10.2. The number of oxazole rings is 1. The molecule has 30 heavy (non-hydrogen) atoms. The first-order valence-corrected chi connectivity index (χ1v) is 9.95. The molecule has 3 aromatic rings. The summed E-state index contributed by atoms with van der Waals surface area (Å²) < 4.78 is 10.6. The van der Waals surface area contributed by atoms with Crippen molar-refractivity contribution in [3.8, 4) is 0 Å². The monoisotopic (exact) mass is 425 g/mol. The fourth-order valence-corrected chi connectivity index (χ4v) is 3.44. The summed E-state index contributed by atoms with van der Waals surface area (Å²) in [5.74, 6) is -0.538. The number of piperazine rings is 1. The molecule has 8 heteroatoms. The number of ether oxygens (including phenoxy) is 1. The highest BCUT2D eigenvalue weighted by Gasteiger charge is 2.22. The predicted octanol–water partition coefficient (Wildman–Crippen LogP) is 3.39. The molecule has 0 radical (unpaired) electrons. The molecular formula is C22H20ClN3O4. The number of fused-ring (bicyclic) bond motifs is 1. The number of hydrogen-bond donors (Lipinski definition) is 0. The van der Waals surface area contributed by atoms with Gasteiger partial charge in [0.15, 0.2) is 12.2 Å². The zero-order valence-electron chi connectivity index (χ0n) is 16.2. The number of carbonyl (C=O) groups is 2. The third-order valence-electron chi connectivity index (χ3n) is 4.82. The smallest absolute Gasteiger partial charge is 0.331 e. The molecule has 2 aromatic carbocycles. The Hall–Kier alpha value is -3.32. The van der Waals surface area contributed by atoms with E-state index in [9.17, 15) is 9.59 Å². The van der Waals surface area contributed by atoms with E-state index in [2.05, 4.69) is 9.88 Å². The van der Waals surface area contributed by atoms with E-state index in [1.807, 2.05) is 42.5 Å². The molecular weight excluding hydrogens is 406 g/mol. The minimum Gasteiger partial charge on any atom is -0.452 e. The molecule has 7 nitrogen and oxygen atoms in total. The number of hydrogen-bond acceptors (Lipinski definition) is 6. The molecule has 4 rings (SSSR count). The molecule has 0 bridgehead atoms. The topological polar surface area (TPSA) is 75.9 Å². The van der Waals surface area contributed by atoms with E-state index < -0.39 is 5.97 Å². The van der Waals surface area contributed by atoms with Gasteiger partial charge in [-0.2, -0.15) is 0 Å². The Labute approximate surface area is 178 Å². The van der Waals surface area contributed by atoms with Crippen LogP contribution in [0.25, 0.3) is 17.2 Å². The Kier molecular flexibility index (Phi) is 5.99. The number of amides is 1. The highest BCUT2D eigenvalue weighted by molar-refractivity contribution is 6.30. The van der Waals surface area contributed by atoms with Crippen LogP contribution in [0.1, 0.15) is 5.89 Å². The third kappa shape index (κ3) is 4.80. The summed E-state index contributed by atoms with van der Waals surface area (Å²) in [6.07, 6.45) is 2.63. The van der Waals surface area contributed by atoms with E-state index in [-0.39, 0.29) is 12.5 Å². The normalized spacial score (nSPS) is 14.4. The summed E-state index contributed by atoms with van der Waals surface area (Å²) in [7, 11) is 0. The van der Waals surface area contributed by atoms with Crippen molar-refractivity contribution in [2.45, 2.75) is 0 Å². The largest absolute Gasteiger partial charge is 0.452 e. The maximum Gasteiger partial charge on any atom is 0.331 e. The molecule has 0 spiro atoms. The number of esters is 1. The lowest BCUT2D eigenvalue weighted by Crippen LogP contribution is -2.49. The van der Waals surface area contributed by atoms with Gasteiger partial charge >= 0.3 is 5.97 Å². The number of carbonyl (C=O) groups excluding carboxylic acids is 2. The Balaban J connectivity index is 1.24. The minimum atomic E-state index is -0.622. The fourth-order valence-electron chi connectivity index (χ4n) is 3.26. The molecule has 1 aliphatic rings. The van der Waals surface area contributed by atoms with Gasteiger partial charge in [0, 0.05) is 49.0 Å². The molecule has 154 valence electrons. The molecule has 1 fully saturated rings. The number of rotatable bonds is 5. The van der Waals surface area contributed by atoms with Crippen LogP contribution in [-0.2, 0) is 14.3 Å². The lowest BCUT2D eigenvalue weighted by molar-refractivity contribution is -0.148. The van der Waals surface area contributed by atoms with E-state index >= 15 is 0 Å². The first-order valence-electron chi connectivity index (χ1n) is 9.57. The number of halogens is 1. The zero-order chi connectivity index (χ0) is 20.9. The van der Waals surface area contributed by atoms with Gasteiger partial charge in [-0.3, -0.25) is 4.79 Å². The average molecular weight is 426 g/mol. The maximum atomic E-state index is 12.3. The van der Waals surface area contributed by atoms with E-state index in [1.165, 1.54) is 12.2 Å². The number of aromatic nitrogens is 1. The van der Waals surface area contributed by atoms with Crippen LogP contribution in [0.15, 0.2) is 59.0 Å². The molecule has 1 aliphatic heterocycles. The zero-order valence-corrected chi connectivity index (χ0v) is 16.9. The highest BCUT2D eigenvalue weighted by Crippen LogP contribution is 2.21. The van der Waals surface area contributed by atoms with Gasteiger partial charge < -0.3 is 19.0 Å². The second kappa shape index (κ2) is 9.00. The van der Waals surface area contributed by atoms with Crippen LogP contribution in [0.5, 0.6) is 0 Å². The summed E-state index contributed by atoms with van der Waals surface area (Å²) in [4.78, 5) is 32.4. The van der Waals surface area contributed by atoms with Gasteiger partial charge in [-0.05, 0) is 30.3 Å². The quantitative estimate of drug-likeness (QED) is 0.460. The van der Waals surface area contributed by atoms with E-state index in [4.69, 9.17) is 20.8 Å². The minimum absolute atomic E-state index is 0.218. The fraction of sp³-hybridized carbons (Fsp3) is 0.227. The Bertz CT molecular complexity index is 1050. The van der Waals surface area contributed by atoms with Gasteiger partial charge in [-0.15, -0.1) is 0 Å². The van der Waals surface area contributed by atoms with Gasteiger partial charge in [0.25, 0.3) is 5.91 Å². The second-order valence-corrected chi connectivity index (χ2v) is 7.25. The maximum absolute atomic E-state index is 12.3. The molecule has 1 amide bonds. The Morgan fingerprint density at radius 2 is 1.90 bits per heavy atom. The molecule has 1 aromatic heterocycles. The Morgan fingerprint density at radius 3 is 2.67 bits per heavy atom. The third-order valence-corrected chi connectivity index (χ3v) is 5.05. The molecule has 2 heterocycles. The van der Waals surface area contributed by atoms with Gasteiger partial charge in [-0.25, -0.2) is 9.78 Å². The van der Waals surface area contributed by atoms with E-state index in [0.29, 0.717) is 48.2 Å². The van der Waals surface area contributed by atoms with Gasteiger partial charge in [0.1, 0.15) is 5.52 Å². The van der Waals surface area contributed by atoms with Crippen molar-refractivity contribution in [3.05, 3.63) is 65.5 Å². The van der Waals surface area contributed by atoms with Gasteiger partial charge in [-0.1, -0.05) is 29.8 Å². The van der Waals surface area contributed by atoms with Gasteiger partial charge in [0.2, 0.25) is 5.89 Å². The summed E-state index contributed by atoms with van der Waals surface area (Å²) in [6.45, 7) is 2.20. The van der Waals surface area contributed by atoms with Crippen molar-refractivity contribution in [1.29, 1.82) is 0 Å². The predicted molar refractivity (Wildman–Crippen MR) is 114 cm³/mol. The van der Waals surface area contributed by atoms with Crippen molar-refractivity contribution in [3.63, 3.8) is 0 Å². The van der Waals surface area contributed by atoms with Crippen LogP contribution >= 0.6 is 11.6 Å². The van der Waals surface area contributed by atoms with Crippen LogP contribution < -0.4 is 4.90 Å². The Morgan fingerprint density at radius 1 is 1.10 bits per heavy atom. The average Bonchev–Trinajstić information content (AvgIpc) is 3.19. The second-order valence-electron chi connectivity index (χ2n) is 6.81. The molecule has 0 N–H and O–H groups in total. The van der Waals surface area contributed by atoms with Crippen LogP contribution in [0, 0.1) is 0 Å². The number of benzene rings is 2. The lowest BCUT2D eigenvalue weighted by Gasteiger charge is -2.36. The number of anilines is 1. The first-order chi connectivity index (χ1) is 14.6. The van der Waals surface area contributed by atoms with Crippen molar-refractivity contribution < 1.29 is 18.7 Å². The molecule has 0 atom stereocenters. The molecule has 0 unspecified atom stereocenters. The summed E-state index contributed by atoms with van der Waals surface area (Å²) in [5.41, 5.74) is 2.38. The summed E-state index contributed by atoms with van der Waals surface area (Å²) in [5, 5.41) is 0.684. The SMILES string of the molecule is O=C(/C=C/c1nc2ccccc2o1)OCC(=O)N1CCN(c2cccc(Cl)c2)CC1. The van der Waals surface area contributed by atoms with Crippen molar-refractivity contribution in [1.82, 2.24) is 9.88 Å². The van der Waals surface area contributed by atoms with Crippen molar-refractivity contribution >= 4 is 46.3 Å². The van der Waals surface area contributed by atoms with Crippen LogP contribution in [0.3, 0.4) is 0 Å². The van der Waals surface area contributed by atoms with Crippen LogP contribution in [0.4, 0.5) is 5.69 Å². The summed E-state index contributed by atoms with van der Waals surface area (Å²) in [6, 6.07) is 14.9. The summed E-state index contributed by atoms with van der Waals surface area (Å²) >= 11 is 6.04. The standard InChI is InChI=1S/C22H20ClN3O4/c23-16-4-3-5-17(14-16)25-10-12-26(13-11-25)21(27)15-29-22(28)9-8-20-24-18-6-1-2-7-19(18)30-20/h1-9,14H,10-13,15H2/b9-8+. The number of para-hydroxylation sites is 2. The van der Waals surface area contributed by atoms with E-state index in [0.717, 1.165) is 5.69 Å². The molecule has 1 saturated heterocycles. The molecule has 0 saturated carbocycles. The van der Waals surface area contributed by atoms with Crippen LogP contribution in [-0.4, -0.2) is 54.5 Å². The van der Waals surface area contributed by atoms with Crippen molar-refractivity contribution in [2.75, 3.05) is 37.7 Å². The van der Waals surface area contributed by atoms with Crippen LogP contribution in [0.2, 0.25) is 5.02 Å².